The van der Waals surface area contributed by atoms with E-state index in [4.69, 9.17) is 28.2 Å². The number of aromatic nitrogens is 2. The first kappa shape index (κ1) is 17.7. The van der Waals surface area contributed by atoms with Crippen LogP contribution in [0.5, 0.6) is 0 Å². The molecule has 0 unspecified atom stereocenters. The minimum absolute atomic E-state index is 0.263. The number of aliphatic hydroxyl groups excluding tert-OH is 1. The normalized spacial score (nSPS) is 15.7. The van der Waals surface area contributed by atoms with Gasteiger partial charge in [0.1, 0.15) is 0 Å². The molecule has 1 aromatic heterocycles. The lowest BCUT2D eigenvalue weighted by Gasteiger charge is -2.32. The molecule has 0 atom stereocenters. The summed E-state index contributed by atoms with van der Waals surface area (Å²) >= 11 is 12.8. The molecule has 0 amide bonds. The molecule has 136 valence electrons. The molecule has 1 aliphatic heterocycles. The number of piperidine rings is 1. The number of benzene rings is 2. The van der Waals surface area contributed by atoms with Gasteiger partial charge in [0.25, 0.3) is 0 Å². The molecule has 1 N–H and O–H groups in total. The maximum absolute atomic E-state index is 9.40. The molecule has 4 rings (SSSR count). The lowest BCUT2D eigenvalue weighted by atomic mass is 9.98. The Morgan fingerprint density at radius 2 is 1.69 bits per heavy atom. The summed E-state index contributed by atoms with van der Waals surface area (Å²) in [6, 6.07) is 13.7. The Kier molecular flexibility index (Phi) is 5.07. The molecule has 3 aromatic rings. The van der Waals surface area contributed by atoms with Crippen molar-refractivity contribution >= 4 is 40.2 Å². The van der Waals surface area contributed by atoms with E-state index in [1.807, 2.05) is 36.4 Å². The highest BCUT2D eigenvalue weighted by Crippen LogP contribution is 2.31. The van der Waals surface area contributed by atoms with Crippen LogP contribution in [0.4, 0.5) is 5.95 Å². The van der Waals surface area contributed by atoms with Crippen LogP contribution in [0.25, 0.3) is 11.0 Å². The summed E-state index contributed by atoms with van der Waals surface area (Å²) in [5.41, 5.74) is 2.95. The topological polar surface area (TPSA) is 41.3 Å². The third kappa shape index (κ3) is 3.29. The van der Waals surface area contributed by atoms with Gasteiger partial charge in [0.05, 0.1) is 17.6 Å². The zero-order chi connectivity index (χ0) is 18.1. The minimum atomic E-state index is 0.263. The zero-order valence-corrected chi connectivity index (χ0v) is 15.9. The van der Waals surface area contributed by atoms with Gasteiger partial charge in [0.2, 0.25) is 5.95 Å². The monoisotopic (exact) mass is 389 g/mol. The van der Waals surface area contributed by atoms with E-state index < -0.39 is 0 Å². The Hall–Kier alpha value is -1.75. The van der Waals surface area contributed by atoms with Gasteiger partial charge in [-0.25, -0.2) is 4.98 Å². The summed E-state index contributed by atoms with van der Waals surface area (Å²) in [6.07, 6.45) is 1.96. The summed E-state index contributed by atoms with van der Waals surface area (Å²) in [5, 5.41) is 10.7. The lowest BCUT2D eigenvalue weighted by Crippen LogP contribution is -2.36. The predicted octanol–water partition coefficient (Wildman–Crippen LogP) is 4.60. The van der Waals surface area contributed by atoms with Gasteiger partial charge in [-0.3, -0.25) is 0 Å². The molecular formula is C20H21Cl2N3O. The second kappa shape index (κ2) is 7.47. The molecule has 1 fully saturated rings. The van der Waals surface area contributed by atoms with Crippen molar-refractivity contribution in [3.63, 3.8) is 0 Å². The first-order valence-electron chi connectivity index (χ1n) is 8.91. The van der Waals surface area contributed by atoms with Crippen LogP contribution in [0.3, 0.4) is 0 Å². The molecule has 0 aliphatic carbocycles. The van der Waals surface area contributed by atoms with Gasteiger partial charge >= 0.3 is 0 Å². The van der Waals surface area contributed by atoms with Crippen LogP contribution in [0.15, 0.2) is 42.5 Å². The number of hydrogen-bond acceptors (Lipinski definition) is 3. The minimum Gasteiger partial charge on any atom is -0.396 e. The van der Waals surface area contributed by atoms with Gasteiger partial charge in [-0.2, -0.15) is 0 Å². The standard InChI is InChI=1S/C20H21Cl2N3O/c21-16-4-3-5-17(22)15(16)12-25-19-7-2-1-6-18(19)23-20(25)24-10-8-14(13-26)9-11-24/h1-7,14,26H,8-13H2. The van der Waals surface area contributed by atoms with Crippen molar-refractivity contribution in [1.29, 1.82) is 0 Å². The van der Waals surface area contributed by atoms with E-state index in [1.165, 1.54) is 0 Å². The highest BCUT2D eigenvalue weighted by atomic mass is 35.5. The van der Waals surface area contributed by atoms with Crippen LogP contribution in [0.1, 0.15) is 18.4 Å². The SMILES string of the molecule is OCC1CCN(c2nc3ccccc3n2Cc2c(Cl)cccc2Cl)CC1. The third-order valence-electron chi connectivity index (χ3n) is 5.17. The summed E-state index contributed by atoms with van der Waals surface area (Å²) in [4.78, 5) is 7.19. The van der Waals surface area contributed by atoms with E-state index in [1.54, 1.807) is 0 Å². The van der Waals surface area contributed by atoms with E-state index in [0.717, 1.165) is 48.5 Å². The van der Waals surface area contributed by atoms with Gasteiger partial charge in [-0.15, -0.1) is 0 Å². The Morgan fingerprint density at radius 3 is 2.38 bits per heavy atom. The number of aliphatic hydroxyl groups is 1. The van der Waals surface area contributed by atoms with Crippen LogP contribution in [-0.4, -0.2) is 34.4 Å². The van der Waals surface area contributed by atoms with Crippen molar-refractivity contribution < 1.29 is 5.11 Å². The third-order valence-corrected chi connectivity index (χ3v) is 5.88. The average molecular weight is 390 g/mol. The highest BCUT2D eigenvalue weighted by Gasteiger charge is 2.24. The van der Waals surface area contributed by atoms with Gasteiger partial charge in [0.15, 0.2) is 0 Å². The number of imidazole rings is 1. The second-order valence-corrected chi connectivity index (χ2v) is 7.61. The maximum Gasteiger partial charge on any atom is 0.206 e. The Balaban J connectivity index is 1.75. The molecule has 1 saturated heterocycles. The number of hydrogen-bond donors (Lipinski definition) is 1. The largest absolute Gasteiger partial charge is 0.396 e. The van der Waals surface area contributed by atoms with E-state index >= 15 is 0 Å². The molecule has 0 spiro atoms. The maximum atomic E-state index is 9.40. The van der Waals surface area contributed by atoms with E-state index in [0.29, 0.717) is 22.5 Å². The quantitative estimate of drug-likeness (QED) is 0.708. The molecule has 0 bridgehead atoms. The lowest BCUT2D eigenvalue weighted by molar-refractivity contribution is 0.202. The Labute approximate surface area is 163 Å². The van der Waals surface area contributed by atoms with Gasteiger partial charge in [-0.05, 0) is 43.0 Å². The van der Waals surface area contributed by atoms with E-state index in [-0.39, 0.29) is 6.61 Å². The summed E-state index contributed by atoms with van der Waals surface area (Å²) in [7, 11) is 0. The molecule has 26 heavy (non-hydrogen) atoms. The molecule has 0 radical (unpaired) electrons. The van der Waals surface area contributed by atoms with Crippen LogP contribution in [-0.2, 0) is 6.54 Å². The first-order valence-corrected chi connectivity index (χ1v) is 9.67. The van der Waals surface area contributed by atoms with Crippen LogP contribution >= 0.6 is 23.2 Å². The van der Waals surface area contributed by atoms with Gasteiger partial charge in [0, 0.05) is 35.3 Å². The molecular weight excluding hydrogens is 369 g/mol. The molecule has 2 aromatic carbocycles. The fourth-order valence-corrected chi connectivity index (χ4v) is 4.13. The van der Waals surface area contributed by atoms with Crippen molar-refractivity contribution in [2.75, 3.05) is 24.6 Å². The number of anilines is 1. The summed E-state index contributed by atoms with van der Waals surface area (Å²) < 4.78 is 2.20. The summed E-state index contributed by atoms with van der Waals surface area (Å²) in [6.45, 7) is 2.63. The van der Waals surface area contributed by atoms with Crippen molar-refractivity contribution in [3.8, 4) is 0 Å². The smallest absolute Gasteiger partial charge is 0.206 e. The number of para-hydroxylation sites is 2. The Bertz CT molecular complexity index is 896. The molecule has 4 nitrogen and oxygen atoms in total. The fraction of sp³-hybridized carbons (Fsp3) is 0.350. The number of halogens is 2. The fourth-order valence-electron chi connectivity index (χ4n) is 3.62. The van der Waals surface area contributed by atoms with Crippen LogP contribution < -0.4 is 4.90 Å². The van der Waals surface area contributed by atoms with E-state index in [9.17, 15) is 5.11 Å². The molecule has 0 saturated carbocycles. The highest BCUT2D eigenvalue weighted by molar-refractivity contribution is 6.36. The molecule has 2 heterocycles. The second-order valence-electron chi connectivity index (χ2n) is 6.80. The number of fused-ring (bicyclic) bond motifs is 1. The number of nitrogens with zero attached hydrogens (tertiary/aromatic N) is 3. The van der Waals surface area contributed by atoms with Gasteiger partial charge in [-0.1, -0.05) is 41.4 Å². The number of rotatable bonds is 4. The average Bonchev–Trinajstić information content (AvgIpc) is 3.03. The van der Waals surface area contributed by atoms with Gasteiger partial charge < -0.3 is 14.6 Å². The van der Waals surface area contributed by atoms with E-state index in [2.05, 4.69) is 15.5 Å². The van der Waals surface area contributed by atoms with Crippen LogP contribution in [0.2, 0.25) is 10.0 Å². The van der Waals surface area contributed by atoms with Crippen molar-refractivity contribution in [2.24, 2.45) is 5.92 Å². The van der Waals surface area contributed by atoms with Crippen molar-refractivity contribution in [2.45, 2.75) is 19.4 Å². The first-order chi connectivity index (χ1) is 12.7. The molecule has 1 aliphatic rings. The Morgan fingerprint density at radius 1 is 1.00 bits per heavy atom. The van der Waals surface area contributed by atoms with Crippen molar-refractivity contribution in [3.05, 3.63) is 58.1 Å². The zero-order valence-electron chi connectivity index (χ0n) is 14.4. The predicted molar refractivity (Wildman–Crippen MR) is 107 cm³/mol. The van der Waals surface area contributed by atoms with Crippen LogP contribution in [0, 0.1) is 5.92 Å². The summed E-state index contributed by atoms with van der Waals surface area (Å²) in [5.74, 6) is 1.33. The van der Waals surface area contributed by atoms with Crippen molar-refractivity contribution in [1.82, 2.24) is 9.55 Å². The molecule has 6 heteroatoms.